The van der Waals surface area contributed by atoms with Crippen molar-refractivity contribution in [3.8, 4) is 5.75 Å². The summed E-state index contributed by atoms with van der Waals surface area (Å²) in [4.78, 5) is 14.8. The molecule has 3 aromatic rings. The molecule has 3 heteroatoms. The van der Waals surface area contributed by atoms with Crippen LogP contribution in [0.5, 0.6) is 5.75 Å². The third-order valence-corrected chi connectivity index (χ3v) is 4.65. The van der Waals surface area contributed by atoms with Gasteiger partial charge in [-0.2, -0.15) is 0 Å². The molecule has 24 heavy (non-hydrogen) atoms. The fraction of sp³-hybridized carbons (Fsp3) is 0.190. The van der Waals surface area contributed by atoms with E-state index in [-0.39, 0.29) is 5.91 Å². The van der Waals surface area contributed by atoms with Crippen molar-refractivity contribution in [3.05, 3.63) is 77.4 Å². The molecule has 0 saturated carbocycles. The van der Waals surface area contributed by atoms with Crippen LogP contribution in [0.1, 0.15) is 21.5 Å². The van der Waals surface area contributed by atoms with E-state index in [1.807, 2.05) is 41.3 Å². The number of amides is 1. The van der Waals surface area contributed by atoms with Crippen molar-refractivity contribution in [2.45, 2.75) is 13.0 Å². The van der Waals surface area contributed by atoms with Gasteiger partial charge in [-0.25, -0.2) is 0 Å². The Bertz CT molecular complexity index is 902. The molecule has 0 unspecified atom stereocenters. The second kappa shape index (κ2) is 6.00. The molecule has 0 N–H and O–H groups in total. The molecule has 0 bridgehead atoms. The Balaban J connectivity index is 1.69. The zero-order valence-electron chi connectivity index (χ0n) is 13.7. The maximum absolute atomic E-state index is 12.9. The maximum Gasteiger partial charge on any atom is 0.254 e. The van der Waals surface area contributed by atoms with Crippen LogP contribution in [0.25, 0.3) is 10.8 Å². The van der Waals surface area contributed by atoms with Crippen molar-refractivity contribution in [2.75, 3.05) is 13.7 Å². The molecule has 0 saturated heterocycles. The molecule has 1 aliphatic heterocycles. The number of ether oxygens (including phenoxy) is 1. The summed E-state index contributed by atoms with van der Waals surface area (Å²) in [5, 5.41) is 2.20. The molecular formula is C21H19NO2. The second-order valence-electron chi connectivity index (χ2n) is 6.18. The van der Waals surface area contributed by atoms with Crippen LogP contribution in [0.15, 0.2) is 60.7 Å². The summed E-state index contributed by atoms with van der Waals surface area (Å²) >= 11 is 0. The highest BCUT2D eigenvalue weighted by Gasteiger charge is 2.24. The summed E-state index contributed by atoms with van der Waals surface area (Å²) in [6, 6.07) is 20.3. The van der Waals surface area contributed by atoms with Crippen molar-refractivity contribution in [3.63, 3.8) is 0 Å². The van der Waals surface area contributed by atoms with Gasteiger partial charge in [-0.1, -0.05) is 42.5 Å². The summed E-state index contributed by atoms with van der Waals surface area (Å²) in [7, 11) is 1.66. The summed E-state index contributed by atoms with van der Waals surface area (Å²) in [5.74, 6) is 0.927. The van der Waals surface area contributed by atoms with E-state index in [0.717, 1.165) is 46.2 Å². The maximum atomic E-state index is 12.9. The van der Waals surface area contributed by atoms with Gasteiger partial charge in [0.1, 0.15) is 5.75 Å². The van der Waals surface area contributed by atoms with E-state index >= 15 is 0 Å². The van der Waals surface area contributed by atoms with E-state index < -0.39 is 0 Å². The summed E-state index contributed by atoms with van der Waals surface area (Å²) in [6.07, 6.45) is 0.899. The highest BCUT2D eigenvalue weighted by molar-refractivity contribution is 6.01. The van der Waals surface area contributed by atoms with Crippen LogP contribution in [0, 0.1) is 0 Å². The molecule has 120 valence electrons. The molecule has 1 aliphatic rings. The number of nitrogens with zero attached hydrogens (tertiary/aromatic N) is 1. The normalized spacial score (nSPS) is 13.9. The molecule has 0 atom stereocenters. The first-order valence-corrected chi connectivity index (χ1v) is 8.18. The Morgan fingerprint density at radius 3 is 2.62 bits per heavy atom. The summed E-state index contributed by atoms with van der Waals surface area (Å²) < 4.78 is 5.30. The van der Waals surface area contributed by atoms with Crippen molar-refractivity contribution < 1.29 is 9.53 Å². The monoisotopic (exact) mass is 317 g/mol. The lowest BCUT2D eigenvalue weighted by atomic mass is 9.94. The first-order chi connectivity index (χ1) is 11.7. The largest absolute Gasteiger partial charge is 0.497 e. The van der Waals surface area contributed by atoms with Crippen molar-refractivity contribution in [1.29, 1.82) is 0 Å². The SMILES string of the molecule is COc1ccc2cc3c(cc2c1)C(=O)N(Cc1ccccc1)CC3. The zero-order valence-corrected chi connectivity index (χ0v) is 13.7. The first-order valence-electron chi connectivity index (χ1n) is 8.18. The van der Waals surface area contributed by atoms with Gasteiger partial charge in [0.15, 0.2) is 0 Å². The molecule has 3 aromatic carbocycles. The molecule has 1 heterocycles. The molecule has 3 nitrogen and oxygen atoms in total. The molecule has 0 radical (unpaired) electrons. The topological polar surface area (TPSA) is 29.5 Å². The number of carbonyl (C=O) groups excluding carboxylic acids is 1. The third kappa shape index (κ3) is 2.62. The standard InChI is InChI=1S/C21H19NO2/c1-24-19-8-7-16-11-17-9-10-22(14-15-5-3-2-4-6-15)21(23)20(17)13-18(16)12-19/h2-8,11-13H,9-10,14H2,1H3. The lowest BCUT2D eigenvalue weighted by Gasteiger charge is -2.29. The number of methoxy groups -OCH3 is 1. The minimum absolute atomic E-state index is 0.116. The van der Waals surface area contributed by atoms with Gasteiger partial charge >= 0.3 is 0 Å². The first kappa shape index (κ1) is 14.8. The Hall–Kier alpha value is -2.81. The number of fused-ring (bicyclic) bond motifs is 2. The van der Waals surface area contributed by atoms with Crippen LogP contribution in [-0.2, 0) is 13.0 Å². The molecule has 4 rings (SSSR count). The van der Waals surface area contributed by atoms with E-state index in [4.69, 9.17) is 4.74 Å². The van der Waals surface area contributed by atoms with Gasteiger partial charge in [-0.05, 0) is 46.5 Å². The molecule has 0 fully saturated rings. The fourth-order valence-electron chi connectivity index (χ4n) is 3.34. The molecule has 0 aromatic heterocycles. The predicted octanol–water partition coefficient (Wildman–Crippen LogP) is 4.05. The van der Waals surface area contributed by atoms with Crippen molar-refractivity contribution in [2.24, 2.45) is 0 Å². The van der Waals surface area contributed by atoms with E-state index in [2.05, 4.69) is 24.3 Å². The van der Waals surface area contributed by atoms with Crippen LogP contribution >= 0.6 is 0 Å². The van der Waals surface area contributed by atoms with Crippen molar-refractivity contribution >= 4 is 16.7 Å². The third-order valence-electron chi connectivity index (χ3n) is 4.65. The van der Waals surface area contributed by atoms with Crippen LogP contribution in [0.4, 0.5) is 0 Å². The lowest BCUT2D eigenvalue weighted by molar-refractivity contribution is 0.0727. The van der Waals surface area contributed by atoms with Gasteiger partial charge in [-0.15, -0.1) is 0 Å². The Labute approximate surface area is 141 Å². The molecule has 0 aliphatic carbocycles. The van der Waals surface area contributed by atoms with Crippen LogP contribution in [-0.4, -0.2) is 24.5 Å². The van der Waals surface area contributed by atoms with E-state index in [1.165, 1.54) is 0 Å². The average molecular weight is 317 g/mol. The summed E-state index contributed by atoms with van der Waals surface area (Å²) in [6.45, 7) is 1.43. The van der Waals surface area contributed by atoms with Gasteiger partial charge in [0, 0.05) is 18.7 Å². The average Bonchev–Trinajstić information content (AvgIpc) is 2.63. The predicted molar refractivity (Wildman–Crippen MR) is 95.4 cm³/mol. The zero-order chi connectivity index (χ0) is 16.5. The van der Waals surface area contributed by atoms with Gasteiger partial charge in [-0.3, -0.25) is 4.79 Å². The van der Waals surface area contributed by atoms with E-state index in [0.29, 0.717) is 6.54 Å². The molecule has 1 amide bonds. The number of hydrogen-bond acceptors (Lipinski definition) is 2. The minimum atomic E-state index is 0.116. The van der Waals surface area contributed by atoms with E-state index in [9.17, 15) is 4.79 Å². The number of benzene rings is 3. The fourth-order valence-corrected chi connectivity index (χ4v) is 3.34. The Morgan fingerprint density at radius 1 is 1.00 bits per heavy atom. The highest BCUT2D eigenvalue weighted by atomic mass is 16.5. The Kier molecular flexibility index (Phi) is 3.69. The summed E-state index contributed by atoms with van der Waals surface area (Å²) in [5.41, 5.74) is 3.12. The molecular weight excluding hydrogens is 298 g/mol. The van der Waals surface area contributed by atoms with Crippen LogP contribution in [0.3, 0.4) is 0 Å². The highest BCUT2D eigenvalue weighted by Crippen LogP contribution is 2.28. The minimum Gasteiger partial charge on any atom is -0.497 e. The van der Waals surface area contributed by atoms with Crippen LogP contribution in [0.2, 0.25) is 0 Å². The molecule has 0 spiro atoms. The van der Waals surface area contributed by atoms with Crippen molar-refractivity contribution in [1.82, 2.24) is 4.90 Å². The smallest absolute Gasteiger partial charge is 0.254 e. The van der Waals surface area contributed by atoms with Gasteiger partial charge < -0.3 is 9.64 Å². The quantitative estimate of drug-likeness (QED) is 0.729. The number of hydrogen-bond donors (Lipinski definition) is 0. The van der Waals surface area contributed by atoms with E-state index in [1.54, 1.807) is 7.11 Å². The van der Waals surface area contributed by atoms with Gasteiger partial charge in [0.25, 0.3) is 5.91 Å². The second-order valence-corrected chi connectivity index (χ2v) is 6.18. The van der Waals surface area contributed by atoms with Crippen LogP contribution < -0.4 is 4.74 Å². The Morgan fingerprint density at radius 2 is 1.83 bits per heavy atom. The lowest BCUT2D eigenvalue weighted by Crippen LogP contribution is -2.37. The van der Waals surface area contributed by atoms with Gasteiger partial charge in [0.2, 0.25) is 0 Å². The van der Waals surface area contributed by atoms with Gasteiger partial charge in [0.05, 0.1) is 7.11 Å². The number of rotatable bonds is 3. The number of carbonyl (C=O) groups is 1.